The summed E-state index contributed by atoms with van der Waals surface area (Å²) in [6.45, 7) is 0. The van der Waals surface area contributed by atoms with Crippen LogP contribution in [0.5, 0.6) is 11.5 Å². The molecular formula is C18H19NO2. The van der Waals surface area contributed by atoms with Gasteiger partial charge in [0.15, 0.2) is 11.5 Å². The van der Waals surface area contributed by atoms with Crippen LogP contribution in [0.15, 0.2) is 48.5 Å². The van der Waals surface area contributed by atoms with Crippen LogP contribution in [0.1, 0.15) is 23.5 Å². The maximum Gasteiger partial charge on any atom is 0.163 e. The highest BCUT2D eigenvalue weighted by atomic mass is 16.5. The van der Waals surface area contributed by atoms with Crippen LogP contribution in [-0.2, 0) is 6.42 Å². The van der Waals surface area contributed by atoms with E-state index in [1.54, 1.807) is 14.2 Å². The quantitative estimate of drug-likeness (QED) is 0.805. The van der Waals surface area contributed by atoms with Crippen molar-refractivity contribution in [3.63, 3.8) is 0 Å². The molecule has 2 aromatic carbocycles. The van der Waals surface area contributed by atoms with Crippen molar-refractivity contribution in [3.05, 3.63) is 59.7 Å². The Morgan fingerprint density at radius 2 is 1.76 bits per heavy atom. The first-order valence-corrected chi connectivity index (χ1v) is 6.92. The lowest BCUT2D eigenvalue weighted by Gasteiger charge is -2.18. The summed E-state index contributed by atoms with van der Waals surface area (Å²) in [5.74, 6) is 1.62. The Kier molecular flexibility index (Phi) is 5.22. The van der Waals surface area contributed by atoms with Crippen molar-refractivity contribution < 1.29 is 9.47 Å². The molecule has 0 aliphatic heterocycles. The van der Waals surface area contributed by atoms with Crippen LogP contribution in [0.3, 0.4) is 0 Å². The third-order valence-corrected chi connectivity index (χ3v) is 3.56. The summed E-state index contributed by atoms with van der Waals surface area (Å²) in [5.41, 5.74) is 2.23. The second kappa shape index (κ2) is 7.35. The first-order chi connectivity index (χ1) is 10.3. The Balaban J connectivity index is 2.32. The molecule has 0 amide bonds. The Hall–Kier alpha value is -2.47. The number of methoxy groups -OCH3 is 2. The van der Waals surface area contributed by atoms with Gasteiger partial charge in [-0.25, -0.2) is 0 Å². The molecule has 0 aromatic heterocycles. The van der Waals surface area contributed by atoms with Crippen LogP contribution in [0.4, 0.5) is 0 Å². The predicted octanol–water partition coefficient (Wildman–Crippen LogP) is 3.94. The molecule has 3 heteroatoms. The molecule has 0 aliphatic carbocycles. The van der Waals surface area contributed by atoms with Gasteiger partial charge in [-0.1, -0.05) is 42.5 Å². The van der Waals surface area contributed by atoms with E-state index in [-0.39, 0.29) is 5.92 Å². The van der Waals surface area contributed by atoms with Gasteiger partial charge in [0.2, 0.25) is 0 Å². The maximum absolute atomic E-state index is 9.10. The maximum atomic E-state index is 9.10. The van der Waals surface area contributed by atoms with Gasteiger partial charge >= 0.3 is 0 Å². The number of ether oxygens (including phenoxy) is 2. The number of hydrogen-bond donors (Lipinski definition) is 0. The lowest BCUT2D eigenvalue weighted by molar-refractivity contribution is 0.351. The molecule has 0 bridgehead atoms. The third-order valence-electron chi connectivity index (χ3n) is 3.56. The van der Waals surface area contributed by atoms with Crippen molar-refractivity contribution >= 4 is 0 Å². The average molecular weight is 281 g/mol. The highest BCUT2D eigenvalue weighted by molar-refractivity contribution is 5.47. The van der Waals surface area contributed by atoms with E-state index in [1.807, 2.05) is 36.4 Å². The van der Waals surface area contributed by atoms with Crippen molar-refractivity contribution in [2.45, 2.75) is 18.8 Å². The minimum absolute atomic E-state index is 0.150. The highest BCUT2D eigenvalue weighted by Crippen LogP contribution is 2.34. The van der Waals surface area contributed by atoms with Crippen molar-refractivity contribution in [2.75, 3.05) is 14.2 Å². The number of hydrogen-bond acceptors (Lipinski definition) is 3. The molecule has 0 spiro atoms. The van der Waals surface area contributed by atoms with Crippen LogP contribution in [0.25, 0.3) is 0 Å². The molecule has 1 unspecified atom stereocenters. The van der Waals surface area contributed by atoms with E-state index in [2.05, 4.69) is 18.2 Å². The lowest BCUT2D eigenvalue weighted by atomic mass is 9.89. The van der Waals surface area contributed by atoms with Crippen LogP contribution in [0, 0.1) is 11.3 Å². The molecular weight excluding hydrogens is 262 g/mol. The van der Waals surface area contributed by atoms with Gasteiger partial charge in [0.05, 0.1) is 20.3 Å². The largest absolute Gasteiger partial charge is 0.493 e. The van der Waals surface area contributed by atoms with Gasteiger partial charge in [-0.05, 0) is 23.6 Å². The summed E-state index contributed by atoms with van der Waals surface area (Å²) in [6.07, 6.45) is 1.22. The number of nitrogens with zero attached hydrogens (tertiary/aromatic N) is 1. The summed E-state index contributed by atoms with van der Waals surface area (Å²) in [6, 6.07) is 18.3. The standard InChI is InChI=1S/C18H19NO2/c1-20-17-10-6-9-16(18(17)21-2)13-15(11-12-19)14-7-4-3-5-8-14/h3-10,15H,11,13H2,1-2H3. The fourth-order valence-electron chi connectivity index (χ4n) is 2.52. The average Bonchev–Trinajstić information content (AvgIpc) is 2.55. The predicted molar refractivity (Wildman–Crippen MR) is 82.7 cm³/mol. The first-order valence-electron chi connectivity index (χ1n) is 6.92. The van der Waals surface area contributed by atoms with E-state index < -0.39 is 0 Å². The van der Waals surface area contributed by atoms with E-state index >= 15 is 0 Å². The highest BCUT2D eigenvalue weighted by Gasteiger charge is 2.16. The van der Waals surface area contributed by atoms with Crippen LogP contribution < -0.4 is 9.47 Å². The zero-order valence-electron chi connectivity index (χ0n) is 12.4. The molecule has 1 atom stereocenters. The van der Waals surface area contributed by atoms with E-state index in [4.69, 9.17) is 14.7 Å². The second-order valence-corrected chi connectivity index (χ2v) is 4.83. The molecule has 2 aromatic rings. The molecule has 2 rings (SSSR count). The van der Waals surface area contributed by atoms with Gasteiger partial charge in [0.25, 0.3) is 0 Å². The zero-order chi connectivity index (χ0) is 15.1. The minimum Gasteiger partial charge on any atom is -0.493 e. The van der Waals surface area contributed by atoms with Gasteiger partial charge in [-0.2, -0.15) is 5.26 Å². The number of nitriles is 1. The SMILES string of the molecule is COc1cccc(CC(CC#N)c2ccccc2)c1OC. The van der Waals surface area contributed by atoms with E-state index in [0.717, 1.165) is 23.5 Å². The fourth-order valence-corrected chi connectivity index (χ4v) is 2.52. The molecule has 21 heavy (non-hydrogen) atoms. The first kappa shape index (κ1) is 14.9. The van der Waals surface area contributed by atoms with Crippen molar-refractivity contribution in [3.8, 4) is 17.6 Å². The van der Waals surface area contributed by atoms with E-state index in [0.29, 0.717) is 6.42 Å². The molecule has 0 radical (unpaired) electrons. The van der Waals surface area contributed by atoms with Gasteiger partial charge in [-0.3, -0.25) is 0 Å². The van der Waals surface area contributed by atoms with Crippen LogP contribution >= 0.6 is 0 Å². The fraction of sp³-hybridized carbons (Fsp3) is 0.278. The van der Waals surface area contributed by atoms with Crippen molar-refractivity contribution in [1.29, 1.82) is 5.26 Å². The van der Waals surface area contributed by atoms with Crippen molar-refractivity contribution in [2.24, 2.45) is 0 Å². The summed E-state index contributed by atoms with van der Waals surface area (Å²) >= 11 is 0. The normalized spacial score (nSPS) is 11.5. The summed E-state index contributed by atoms with van der Waals surface area (Å²) < 4.78 is 10.8. The van der Waals surface area contributed by atoms with Gasteiger partial charge in [-0.15, -0.1) is 0 Å². The molecule has 0 saturated carbocycles. The van der Waals surface area contributed by atoms with Gasteiger partial charge < -0.3 is 9.47 Å². The monoisotopic (exact) mass is 281 g/mol. The number of para-hydroxylation sites is 1. The minimum atomic E-state index is 0.150. The van der Waals surface area contributed by atoms with E-state index in [9.17, 15) is 0 Å². The molecule has 0 fully saturated rings. The van der Waals surface area contributed by atoms with Gasteiger partial charge in [0.1, 0.15) is 0 Å². The summed E-state index contributed by atoms with van der Waals surface area (Å²) in [7, 11) is 3.27. The Morgan fingerprint density at radius 1 is 1.00 bits per heavy atom. The van der Waals surface area contributed by atoms with Crippen LogP contribution in [-0.4, -0.2) is 14.2 Å². The zero-order valence-corrected chi connectivity index (χ0v) is 12.4. The van der Waals surface area contributed by atoms with E-state index in [1.165, 1.54) is 5.56 Å². The number of benzene rings is 2. The Morgan fingerprint density at radius 3 is 2.38 bits per heavy atom. The Labute approximate surface area is 125 Å². The van der Waals surface area contributed by atoms with Crippen LogP contribution in [0.2, 0.25) is 0 Å². The third kappa shape index (κ3) is 3.55. The molecule has 108 valence electrons. The molecule has 0 saturated heterocycles. The molecule has 0 heterocycles. The molecule has 3 nitrogen and oxygen atoms in total. The topological polar surface area (TPSA) is 42.2 Å². The molecule has 0 aliphatic rings. The second-order valence-electron chi connectivity index (χ2n) is 4.83. The van der Waals surface area contributed by atoms with Gasteiger partial charge in [0, 0.05) is 12.3 Å². The summed E-state index contributed by atoms with van der Waals surface area (Å²) in [4.78, 5) is 0. The van der Waals surface area contributed by atoms with Crippen molar-refractivity contribution in [1.82, 2.24) is 0 Å². The Bertz CT molecular complexity index is 617. The summed E-state index contributed by atoms with van der Waals surface area (Å²) in [5, 5.41) is 9.10. The number of rotatable bonds is 6. The lowest BCUT2D eigenvalue weighted by Crippen LogP contribution is -2.04. The molecule has 0 N–H and O–H groups in total. The smallest absolute Gasteiger partial charge is 0.163 e.